The van der Waals surface area contributed by atoms with Crippen LogP contribution in [0.4, 0.5) is 0 Å². The molecular formula is C9H19N3O. The molecule has 1 rings (SSSR count). The Bertz CT molecular complexity index is 182. The van der Waals surface area contributed by atoms with Crippen LogP contribution in [0, 0.1) is 0 Å². The van der Waals surface area contributed by atoms with Crippen molar-refractivity contribution in [3.05, 3.63) is 0 Å². The predicted octanol–water partition coefficient (Wildman–Crippen LogP) is -0.632. The molecule has 1 atom stereocenters. The molecule has 13 heavy (non-hydrogen) atoms. The first kappa shape index (κ1) is 10.5. The average molecular weight is 185 g/mol. The lowest BCUT2D eigenvalue weighted by Crippen LogP contribution is -2.53. The third kappa shape index (κ3) is 3.32. The maximum absolute atomic E-state index is 11.6. The van der Waals surface area contributed by atoms with Crippen LogP contribution in [-0.4, -0.2) is 62.0 Å². The molecule has 1 amide bonds. The minimum atomic E-state index is 0.235. The molecule has 1 saturated heterocycles. The molecule has 1 aliphatic heterocycles. The Morgan fingerprint density at radius 2 is 2.31 bits per heavy atom. The van der Waals surface area contributed by atoms with E-state index < -0.39 is 0 Å². The topological polar surface area (TPSA) is 35.6 Å². The maximum Gasteiger partial charge on any atom is 0.236 e. The molecule has 0 spiro atoms. The van der Waals surface area contributed by atoms with Gasteiger partial charge in [0.15, 0.2) is 0 Å². The monoisotopic (exact) mass is 185 g/mol. The smallest absolute Gasteiger partial charge is 0.236 e. The fourth-order valence-electron chi connectivity index (χ4n) is 1.53. The molecule has 0 aromatic heterocycles. The molecule has 1 N–H and O–H groups in total. The Hall–Kier alpha value is -0.610. The van der Waals surface area contributed by atoms with Crippen LogP contribution in [0.5, 0.6) is 0 Å². The summed E-state index contributed by atoms with van der Waals surface area (Å²) in [6, 6.07) is 0.430. The number of hydrogen-bond donors (Lipinski definition) is 1. The molecular weight excluding hydrogens is 166 g/mol. The van der Waals surface area contributed by atoms with Crippen LogP contribution < -0.4 is 5.32 Å². The minimum absolute atomic E-state index is 0.235. The number of carbonyl (C=O) groups is 1. The second kappa shape index (κ2) is 4.58. The summed E-state index contributed by atoms with van der Waals surface area (Å²) in [4.78, 5) is 15.5. The maximum atomic E-state index is 11.6. The van der Waals surface area contributed by atoms with E-state index in [1.807, 2.05) is 23.9 Å². The van der Waals surface area contributed by atoms with Crippen LogP contribution in [0.2, 0.25) is 0 Å². The van der Waals surface area contributed by atoms with Crippen molar-refractivity contribution < 1.29 is 4.79 Å². The van der Waals surface area contributed by atoms with Gasteiger partial charge in [0, 0.05) is 25.7 Å². The number of rotatable bonds is 2. The van der Waals surface area contributed by atoms with Crippen molar-refractivity contribution in [1.82, 2.24) is 15.1 Å². The highest BCUT2D eigenvalue weighted by atomic mass is 16.2. The van der Waals surface area contributed by atoms with Crippen LogP contribution >= 0.6 is 0 Å². The van der Waals surface area contributed by atoms with Gasteiger partial charge in [-0.25, -0.2) is 0 Å². The molecule has 1 heterocycles. The molecule has 4 heteroatoms. The van der Waals surface area contributed by atoms with Crippen molar-refractivity contribution in [1.29, 1.82) is 0 Å². The average Bonchev–Trinajstić information content (AvgIpc) is 2.03. The molecule has 1 unspecified atom stereocenters. The number of hydrogen-bond acceptors (Lipinski definition) is 3. The van der Waals surface area contributed by atoms with Crippen LogP contribution in [0.1, 0.15) is 6.92 Å². The summed E-state index contributed by atoms with van der Waals surface area (Å²) in [6.07, 6.45) is 0. The zero-order chi connectivity index (χ0) is 9.84. The predicted molar refractivity (Wildman–Crippen MR) is 52.6 cm³/mol. The lowest BCUT2D eigenvalue weighted by molar-refractivity contribution is -0.132. The Morgan fingerprint density at radius 1 is 1.62 bits per heavy atom. The van der Waals surface area contributed by atoms with Gasteiger partial charge in [-0.3, -0.25) is 4.79 Å². The summed E-state index contributed by atoms with van der Waals surface area (Å²) < 4.78 is 0. The van der Waals surface area contributed by atoms with E-state index in [9.17, 15) is 4.79 Å². The Morgan fingerprint density at radius 3 is 2.85 bits per heavy atom. The van der Waals surface area contributed by atoms with Crippen LogP contribution in [-0.2, 0) is 4.79 Å². The number of amides is 1. The lowest BCUT2D eigenvalue weighted by Gasteiger charge is -2.32. The van der Waals surface area contributed by atoms with E-state index in [1.54, 1.807) is 0 Å². The summed E-state index contributed by atoms with van der Waals surface area (Å²) in [6.45, 7) is 5.23. The van der Waals surface area contributed by atoms with Crippen LogP contribution in [0.15, 0.2) is 0 Å². The molecule has 0 saturated carbocycles. The molecule has 0 bridgehead atoms. The number of likely N-dealkylation sites (N-methyl/N-ethyl adjacent to an activating group) is 1. The van der Waals surface area contributed by atoms with Gasteiger partial charge in [0.05, 0.1) is 6.54 Å². The molecule has 0 aromatic rings. The standard InChI is InChI=1S/C9H19N3O/c1-8-6-12(5-4-10-8)9(13)7-11(2)3/h8,10H,4-7H2,1-3H3. The number of piperazine rings is 1. The van der Waals surface area contributed by atoms with E-state index in [0.717, 1.165) is 19.6 Å². The van der Waals surface area contributed by atoms with Crippen molar-refractivity contribution in [2.45, 2.75) is 13.0 Å². The third-order valence-electron chi connectivity index (χ3n) is 2.17. The Labute approximate surface area is 79.9 Å². The Kier molecular flexibility index (Phi) is 3.69. The summed E-state index contributed by atoms with van der Waals surface area (Å²) in [5, 5.41) is 3.31. The van der Waals surface area contributed by atoms with Gasteiger partial charge in [0.25, 0.3) is 0 Å². The van der Waals surface area contributed by atoms with Gasteiger partial charge < -0.3 is 15.1 Å². The van der Waals surface area contributed by atoms with E-state index >= 15 is 0 Å². The van der Waals surface area contributed by atoms with Gasteiger partial charge in [0.2, 0.25) is 5.91 Å². The third-order valence-corrected chi connectivity index (χ3v) is 2.17. The molecule has 0 radical (unpaired) electrons. The first-order chi connectivity index (χ1) is 6.09. The number of nitrogens with one attached hydrogen (secondary N) is 1. The van der Waals surface area contributed by atoms with Crippen LogP contribution in [0.25, 0.3) is 0 Å². The summed E-state index contributed by atoms with van der Waals surface area (Å²) >= 11 is 0. The van der Waals surface area contributed by atoms with Gasteiger partial charge in [-0.05, 0) is 21.0 Å². The van der Waals surface area contributed by atoms with Crippen molar-refractivity contribution in [2.24, 2.45) is 0 Å². The van der Waals surface area contributed by atoms with Crippen molar-refractivity contribution in [3.8, 4) is 0 Å². The largest absolute Gasteiger partial charge is 0.339 e. The minimum Gasteiger partial charge on any atom is -0.339 e. The first-order valence-electron chi connectivity index (χ1n) is 4.75. The van der Waals surface area contributed by atoms with Crippen molar-refractivity contribution >= 4 is 5.91 Å². The van der Waals surface area contributed by atoms with Crippen molar-refractivity contribution in [2.75, 3.05) is 40.3 Å². The van der Waals surface area contributed by atoms with E-state index in [1.165, 1.54) is 0 Å². The lowest BCUT2D eigenvalue weighted by atomic mass is 10.2. The van der Waals surface area contributed by atoms with E-state index in [4.69, 9.17) is 0 Å². The summed E-state index contributed by atoms with van der Waals surface area (Å²) in [7, 11) is 3.84. The molecule has 1 fully saturated rings. The van der Waals surface area contributed by atoms with E-state index in [-0.39, 0.29) is 5.91 Å². The second-order valence-electron chi connectivity index (χ2n) is 3.93. The summed E-state index contributed by atoms with van der Waals surface area (Å²) in [5.41, 5.74) is 0. The summed E-state index contributed by atoms with van der Waals surface area (Å²) in [5.74, 6) is 0.235. The number of carbonyl (C=O) groups excluding carboxylic acids is 1. The van der Waals surface area contributed by atoms with Gasteiger partial charge >= 0.3 is 0 Å². The highest BCUT2D eigenvalue weighted by Crippen LogP contribution is 1.99. The first-order valence-corrected chi connectivity index (χ1v) is 4.75. The zero-order valence-electron chi connectivity index (χ0n) is 8.71. The molecule has 4 nitrogen and oxygen atoms in total. The van der Waals surface area contributed by atoms with Gasteiger partial charge in [-0.2, -0.15) is 0 Å². The molecule has 1 aliphatic rings. The quantitative estimate of drug-likeness (QED) is 0.622. The van der Waals surface area contributed by atoms with Crippen molar-refractivity contribution in [3.63, 3.8) is 0 Å². The SMILES string of the molecule is CC1CN(C(=O)CN(C)C)CCN1. The van der Waals surface area contributed by atoms with E-state index in [2.05, 4.69) is 12.2 Å². The van der Waals surface area contributed by atoms with Gasteiger partial charge in [0.1, 0.15) is 0 Å². The Balaban J connectivity index is 2.37. The zero-order valence-corrected chi connectivity index (χ0v) is 8.71. The number of nitrogens with zero attached hydrogens (tertiary/aromatic N) is 2. The fourth-order valence-corrected chi connectivity index (χ4v) is 1.53. The highest BCUT2D eigenvalue weighted by molar-refractivity contribution is 5.78. The highest BCUT2D eigenvalue weighted by Gasteiger charge is 2.20. The molecule has 76 valence electrons. The van der Waals surface area contributed by atoms with Gasteiger partial charge in [-0.15, -0.1) is 0 Å². The second-order valence-corrected chi connectivity index (χ2v) is 3.93. The van der Waals surface area contributed by atoms with Gasteiger partial charge in [-0.1, -0.05) is 0 Å². The molecule has 0 aromatic carbocycles. The van der Waals surface area contributed by atoms with E-state index in [0.29, 0.717) is 12.6 Å². The van der Waals surface area contributed by atoms with Crippen LogP contribution in [0.3, 0.4) is 0 Å². The normalized spacial score (nSPS) is 23.7. The fraction of sp³-hybridized carbons (Fsp3) is 0.889. The molecule has 0 aliphatic carbocycles.